The van der Waals surface area contributed by atoms with E-state index >= 15 is 0 Å². The summed E-state index contributed by atoms with van der Waals surface area (Å²) in [6.45, 7) is 4.35. The monoisotopic (exact) mass is 291 g/mol. The minimum absolute atomic E-state index is 0.0118. The molecule has 0 spiro atoms. The number of rotatable bonds is 3. The molecule has 1 aliphatic rings. The van der Waals surface area contributed by atoms with Crippen LogP contribution in [0.5, 0.6) is 0 Å². The Morgan fingerprint density at radius 3 is 2.71 bits per heavy atom. The molecule has 1 fully saturated rings. The minimum atomic E-state index is -0.554. The molecule has 0 radical (unpaired) electrons. The Morgan fingerprint density at radius 1 is 1.38 bits per heavy atom. The van der Waals surface area contributed by atoms with Crippen molar-refractivity contribution < 1.29 is 9.72 Å². The summed E-state index contributed by atoms with van der Waals surface area (Å²) in [4.78, 5) is 22.4. The molecular formula is C15H21N3O3. The number of carbonyl (C=O) groups excluding carboxylic acids is 1. The summed E-state index contributed by atoms with van der Waals surface area (Å²) >= 11 is 0. The molecule has 1 amide bonds. The lowest BCUT2D eigenvalue weighted by atomic mass is 9.78. The first kappa shape index (κ1) is 15.3. The predicted octanol–water partition coefficient (Wildman–Crippen LogP) is 2.73. The zero-order valence-electron chi connectivity index (χ0n) is 12.3. The Labute approximate surface area is 123 Å². The fraction of sp³-hybridized carbons (Fsp3) is 0.533. The minimum Gasteiger partial charge on any atom is -0.393 e. The van der Waals surface area contributed by atoms with Gasteiger partial charge in [0.15, 0.2) is 0 Å². The second-order valence-corrected chi connectivity index (χ2v) is 5.88. The number of nitrogen functional groups attached to an aromatic ring is 1. The smallest absolute Gasteiger partial charge is 0.292 e. The van der Waals surface area contributed by atoms with Crippen LogP contribution in [0.25, 0.3) is 0 Å². The summed E-state index contributed by atoms with van der Waals surface area (Å²) < 4.78 is 0. The van der Waals surface area contributed by atoms with Crippen LogP contribution in [0.15, 0.2) is 18.2 Å². The van der Waals surface area contributed by atoms with Gasteiger partial charge in [-0.3, -0.25) is 14.9 Å². The van der Waals surface area contributed by atoms with Crippen LogP contribution in [0, 0.1) is 22.0 Å². The van der Waals surface area contributed by atoms with Crippen LogP contribution < -0.4 is 11.1 Å². The number of nitrogens with one attached hydrogen (secondary N) is 1. The Bertz CT molecular complexity index is 559. The number of anilines is 1. The van der Waals surface area contributed by atoms with Crippen molar-refractivity contribution in [1.82, 2.24) is 5.32 Å². The van der Waals surface area contributed by atoms with Gasteiger partial charge >= 0.3 is 0 Å². The third-order valence-corrected chi connectivity index (χ3v) is 4.51. The quantitative estimate of drug-likeness (QED) is 0.508. The number of nitrogens with zero attached hydrogens (tertiary/aromatic N) is 1. The molecule has 0 heterocycles. The first-order chi connectivity index (χ1) is 9.90. The average molecular weight is 291 g/mol. The van der Waals surface area contributed by atoms with E-state index in [1.165, 1.54) is 24.6 Å². The molecule has 3 N–H and O–H groups in total. The zero-order chi connectivity index (χ0) is 15.6. The lowest BCUT2D eigenvalue weighted by Crippen LogP contribution is -2.43. The highest BCUT2D eigenvalue weighted by Crippen LogP contribution is 2.30. The van der Waals surface area contributed by atoms with Crippen LogP contribution in [-0.4, -0.2) is 16.9 Å². The van der Waals surface area contributed by atoms with Gasteiger partial charge in [-0.05, 0) is 30.4 Å². The van der Waals surface area contributed by atoms with Crippen molar-refractivity contribution >= 4 is 17.3 Å². The number of hydrogen-bond acceptors (Lipinski definition) is 4. The van der Waals surface area contributed by atoms with Gasteiger partial charge < -0.3 is 11.1 Å². The third-order valence-electron chi connectivity index (χ3n) is 4.51. The summed E-state index contributed by atoms with van der Waals surface area (Å²) in [5.74, 6) is 0.798. The Morgan fingerprint density at radius 2 is 2.10 bits per heavy atom. The summed E-state index contributed by atoms with van der Waals surface area (Å²) in [6, 6.07) is 4.24. The van der Waals surface area contributed by atoms with E-state index in [2.05, 4.69) is 19.2 Å². The molecule has 114 valence electrons. The normalized spacial score (nSPS) is 25.3. The van der Waals surface area contributed by atoms with Crippen LogP contribution in [0.3, 0.4) is 0 Å². The number of hydrogen-bond donors (Lipinski definition) is 2. The van der Waals surface area contributed by atoms with Gasteiger partial charge in [0.05, 0.1) is 4.92 Å². The maximum Gasteiger partial charge on any atom is 0.292 e. The first-order valence-electron chi connectivity index (χ1n) is 7.25. The molecule has 3 atom stereocenters. The number of nitrogens with two attached hydrogens (primary N) is 1. The number of nitro benzene ring substituents is 1. The number of benzene rings is 1. The van der Waals surface area contributed by atoms with Gasteiger partial charge in [0.25, 0.3) is 11.6 Å². The average Bonchev–Trinajstić information content (AvgIpc) is 2.43. The van der Waals surface area contributed by atoms with E-state index in [9.17, 15) is 14.9 Å². The largest absolute Gasteiger partial charge is 0.393 e. The van der Waals surface area contributed by atoms with Crippen molar-refractivity contribution in [1.29, 1.82) is 0 Å². The lowest BCUT2D eigenvalue weighted by Gasteiger charge is -2.34. The SMILES string of the molecule is CC1CCCC(NC(=O)c2ccc([N+](=O)[O-])c(N)c2)C1C. The Hall–Kier alpha value is -2.11. The van der Waals surface area contributed by atoms with Crippen LogP contribution in [0.2, 0.25) is 0 Å². The molecule has 0 saturated heterocycles. The van der Waals surface area contributed by atoms with E-state index in [0.29, 0.717) is 17.4 Å². The fourth-order valence-corrected chi connectivity index (χ4v) is 2.90. The summed E-state index contributed by atoms with van der Waals surface area (Å²) in [7, 11) is 0. The van der Waals surface area contributed by atoms with Gasteiger partial charge in [-0.1, -0.05) is 26.7 Å². The van der Waals surface area contributed by atoms with Crippen molar-refractivity contribution in [2.45, 2.75) is 39.2 Å². The van der Waals surface area contributed by atoms with Crippen molar-refractivity contribution in [2.75, 3.05) is 5.73 Å². The molecule has 2 rings (SSSR count). The van der Waals surface area contributed by atoms with Crippen molar-refractivity contribution in [3.63, 3.8) is 0 Å². The van der Waals surface area contributed by atoms with E-state index in [0.717, 1.165) is 12.8 Å². The highest BCUT2D eigenvalue weighted by molar-refractivity contribution is 5.95. The predicted molar refractivity (Wildman–Crippen MR) is 80.9 cm³/mol. The molecular weight excluding hydrogens is 270 g/mol. The summed E-state index contributed by atoms with van der Waals surface area (Å²) in [5, 5.41) is 13.8. The van der Waals surface area contributed by atoms with Gasteiger partial charge in [0, 0.05) is 17.7 Å². The maximum atomic E-state index is 12.3. The number of amides is 1. The zero-order valence-corrected chi connectivity index (χ0v) is 12.3. The molecule has 0 bridgehead atoms. The lowest BCUT2D eigenvalue weighted by molar-refractivity contribution is -0.383. The molecule has 6 nitrogen and oxygen atoms in total. The second kappa shape index (κ2) is 6.11. The fourth-order valence-electron chi connectivity index (χ4n) is 2.90. The summed E-state index contributed by atoms with van der Waals surface area (Å²) in [6.07, 6.45) is 3.27. The molecule has 3 unspecified atom stereocenters. The molecule has 21 heavy (non-hydrogen) atoms. The van der Waals surface area contributed by atoms with E-state index in [4.69, 9.17) is 5.73 Å². The van der Waals surface area contributed by atoms with Gasteiger partial charge in [0.1, 0.15) is 5.69 Å². The second-order valence-electron chi connectivity index (χ2n) is 5.88. The van der Waals surface area contributed by atoms with Gasteiger partial charge in [0.2, 0.25) is 0 Å². The molecule has 1 aliphatic carbocycles. The third kappa shape index (κ3) is 3.32. The molecule has 1 aromatic rings. The highest BCUT2D eigenvalue weighted by Gasteiger charge is 2.28. The van der Waals surface area contributed by atoms with E-state index < -0.39 is 4.92 Å². The van der Waals surface area contributed by atoms with Crippen LogP contribution in [0.4, 0.5) is 11.4 Å². The maximum absolute atomic E-state index is 12.3. The molecule has 1 saturated carbocycles. The number of nitro groups is 1. The summed E-state index contributed by atoms with van der Waals surface area (Å²) in [5.41, 5.74) is 5.82. The molecule has 0 aromatic heterocycles. The molecule has 0 aliphatic heterocycles. The Balaban J connectivity index is 2.10. The first-order valence-corrected chi connectivity index (χ1v) is 7.25. The number of carbonyl (C=O) groups is 1. The van der Waals surface area contributed by atoms with Crippen LogP contribution >= 0.6 is 0 Å². The van der Waals surface area contributed by atoms with Gasteiger partial charge in [-0.15, -0.1) is 0 Å². The van der Waals surface area contributed by atoms with Gasteiger partial charge in [-0.25, -0.2) is 0 Å². The van der Waals surface area contributed by atoms with E-state index in [-0.39, 0.29) is 23.3 Å². The Kier molecular flexibility index (Phi) is 4.45. The van der Waals surface area contributed by atoms with Crippen molar-refractivity contribution in [2.24, 2.45) is 11.8 Å². The van der Waals surface area contributed by atoms with Crippen LogP contribution in [0.1, 0.15) is 43.5 Å². The van der Waals surface area contributed by atoms with E-state index in [1.54, 1.807) is 0 Å². The standard InChI is InChI=1S/C15H21N3O3/c1-9-4-3-5-13(10(9)2)17-15(19)11-6-7-14(18(20)21)12(16)8-11/h6-10,13H,3-5,16H2,1-2H3,(H,17,19). The van der Waals surface area contributed by atoms with Crippen molar-refractivity contribution in [3.8, 4) is 0 Å². The molecule has 6 heteroatoms. The molecule has 1 aromatic carbocycles. The van der Waals surface area contributed by atoms with Crippen molar-refractivity contribution in [3.05, 3.63) is 33.9 Å². The van der Waals surface area contributed by atoms with E-state index in [1.807, 2.05) is 0 Å². The van der Waals surface area contributed by atoms with Crippen LogP contribution in [-0.2, 0) is 0 Å². The van der Waals surface area contributed by atoms with Gasteiger partial charge in [-0.2, -0.15) is 0 Å². The highest BCUT2D eigenvalue weighted by atomic mass is 16.6. The topological polar surface area (TPSA) is 98.3 Å².